The number of amides is 1. The second-order valence-electron chi connectivity index (χ2n) is 6.46. The maximum absolute atomic E-state index is 14.1. The molecule has 2 heterocycles. The molecule has 2 atom stereocenters. The molecular weight excluding hydrogens is 331 g/mol. The van der Waals surface area contributed by atoms with Crippen LogP contribution in [0.3, 0.4) is 0 Å². The van der Waals surface area contributed by atoms with Crippen molar-refractivity contribution in [1.82, 2.24) is 21.1 Å². The van der Waals surface area contributed by atoms with Gasteiger partial charge in [0.05, 0.1) is 12.0 Å². The van der Waals surface area contributed by atoms with Gasteiger partial charge in [-0.2, -0.15) is 0 Å². The summed E-state index contributed by atoms with van der Waals surface area (Å²) in [5, 5.41) is 3.21. The Labute approximate surface area is 148 Å². The van der Waals surface area contributed by atoms with E-state index in [1.165, 1.54) is 6.07 Å². The summed E-state index contributed by atoms with van der Waals surface area (Å²) in [6, 6.07) is 6.37. The molecule has 0 aliphatic carbocycles. The molecule has 2 fully saturated rings. The number of carbonyl (C=O) groups is 1. The first-order valence-electron chi connectivity index (χ1n) is 8.37. The van der Waals surface area contributed by atoms with Crippen molar-refractivity contribution in [3.63, 3.8) is 0 Å². The fraction of sp³-hybridized carbons (Fsp3) is 0.588. The minimum atomic E-state index is -0.307. The molecule has 0 saturated carbocycles. The van der Waals surface area contributed by atoms with E-state index >= 15 is 0 Å². The highest BCUT2D eigenvalue weighted by molar-refractivity contribution is 5.85. The van der Waals surface area contributed by atoms with E-state index in [2.05, 4.69) is 16.2 Å². The lowest BCUT2D eigenvalue weighted by molar-refractivity contribution is -0.136. The van der Waals surface area contributed by atoms with Gasteiger partial charge < -0.3 is 10.2 Å². The van der Waals surface area contributed by atoms with E-state index in [0.29, 0.717) is 18.0 Å². The average molecular weight is 357 g/mol. The van der Waals surface area contributed by atoms with Crippen molar-refractivity contribution in [2.75, 3.05) is 33.2 Å². The van der Waals surface area contributed by atoms with Crippen molar-refractivity contribution in [2.24, 2.45) is 11.8 Å². The number of halogens is 2. The van der Waals surface area contributed by atoms with Crippen molar-refractivity contribution < 1.29 is 9.18 Å². The zero-order chi connectivity index (χ0) is 16.2. The van der Waals surface area contributed by atoms with E-state index in [4.69, 9.17) is 0 Å². The number of piperidine rings is 1. The van der Waals surface area contributed by atoms with E-state index in [1.807, 2.05) is 18.0 Å². The number of benzene rings is 1. The molecule has 1 amide bonds. The molecule has 2 unspecified atom stereocenters. The SMILES string of the molecule is CNCC1CCN(C(=O)C2CNNC2c2ccccc2F)CC1.Cl. The summed E-state index contributed by atoms with van der Waals surface area (Å²) < 4.78 is 14.1. The van der Waals surface area contributed by atoms with Crippen LogP contribution < -0.4 is 16.2 Å². The Morgan fingerprint density at radius 2 is 2.04 bits per heavy atom. The summed E-state index contributed by atoms with van der Waals surface area (Å²) in [6.07, 6.45) is 2.06. The van der Waals surface area contributed by atoms with Crippen LogP contribution in [0.2, 0.25) is 0 Å². The van der Waals surface area contributed by atoms with Crippen molar-refractivity contribution in [2.45, 2.75) is 18.9 Å². The van der Waals surface area contributed by atoms with E-state index in [9.17, 15) is 9.18 Å². The molecule has 3 rings (SSSR count). The Balaban J connectivity index is 0.00000208. The molecule has 24 heavy (non-hydrogen) atoms. The number of hydrogen-bond donors (Lipinski definition) is 3. The number of nitrogens with one attached hydrogen (secondary N) is 3. The maximum atomic E-state index is 14.1. The second-order valence-corrected chi connectivity index (χ2v) is 6.46. The van der Waals surface area contributed by atoms with Gasteiger partial charge in [-0.1, -0.05) is 18.2 Å². The molecule has 3 N–H and O–H groups in total. The molecule has 1 aromatic carbocycles. The first kappa shape index (κ1) is 19.1. The molecule has 0 aromatic heterocycles. The zero-order valence-corrected chi connectivity index (χ0v) is 14.7. The van der Waals surface area contributed by atoms with Crippen LogP contribution in [0, 0.1) is 17.7 Å². The Morgan fingerprint density at radius 3 is 2.71 bits per heavy atom. The number of rotatable bonds is 4. The van der Waals surface area contributed by atoms with Gasteiger partial charge in [0.25, 0.3) is 0 Å². The monoisotopic (exact) mass is 356 g/mol. The van der Waals surface area contributed by atoms with Gasteiger partial charge in [-0.05, 0) is 38.4 Å². The summed E-state index contributed by atoms with van der Waals surface area (Å²) >= 11 is 0. The molecule has 7 heteroatoms. The number of carbonyl (C=O) groups excluding carboxylic acids is 1. The highest BCUT2D eigenvalue weighted by Crippen LogP contribution is 2.29. The van der Waals surface area contributed by atoms with Crippen molar-refractivity contribution in [1.29, 1.82) is 0 Å². The van der Waals surface area contributed by atoms with Gasteiger partial charge >= 0.3 is 0 Å². The van der Waals surface area contributed by atoms with Crippen LogP contribution in [0.1, 0.15) is 24.4 Å². The van der Waals surface area contributed by atoms with Gasteiger partial charge in [-0.15, -0.1) is 12.4 Å². The predicted octanol–water partition coefficient (Wildman–Crippen LogP) is 1.47. The van der Waals surface area contributed by atoms with Gasteiger partial charge in [0, 0.05) is 25.2 Å². The Kier molecular flexibility index (Phi) is 6.98. The molecule has 5 nitrogen and oxygen atoms in total. The van der Waals surface area contributed by atoms with Crippen LogP contribution in [-0.2, 0) is 4.79 Å². The topological polar surface area (TPSA) is 56.4 Å². The molecular formula is C17H26ClFN4O. The van der Waals surface area contributed by atoms with Crippen molar-refractivity contribution >= 4 is 18.3 Å². The fourth-order valence-electron chi connectivity index (χ4n) is 3.63. The minimum Gasteiger partial charge on any atom is -0.342 e. The molecule has 134 valence electrons. The highest BCUT2D eigenvalue weighted by Gasteiger charge is 2.38. The highest BCUT2D eigenvalue weighted by atomic mass is 35.5. The lowest BCUT2D eigenvalue weighted by Gasteiger charge is -2.34. The van der Waals surface area contributed by atoms with Crippen LogP contribution >= 0.6 is 12.4 Å². The van der Waals surface area contributed by atoms with Gasteiger partial charge in [-0.3, -0.25) is 10.2 Å². The van der Waals surface area contributed by atoms with Gasteiger partial charge in [0.2, 0.25) is 5.91 Å². The quantitative estimate of drug-likeness (QED) is 0.764. The van der Waals surface area contributed by atoms with Gasteiger partial charge in [0.15, 0.2) is 0 Å². The van der Waals surface area contributed by atoms with Crippen LogP contribution in [0.4, 0.5) is 4.39 Å². The van der Waals surface area contributed by atoms with E-state index < -0.39 is 0 Å². The van der Waals surface area contributed by atoms with Crippen LogP contribution in [0.15, 0.2) is 24.3 Å². The third kappa shape index (κ3) is 4.06. The van der Waals surface area contributed by atoms with Gasteiger partial charge in [0.1, 0.15) is 5.82 Å². The molecule has 2 saturated heterocycles. The predicted molar refractivity (Wildman–Crippen MR) is 94.2 cm³/mol. The first-order valence-corrected chi connectivity index (χ1v) is 8.37. The van der Waals surface area contributed by atoms with E-state index in [1.54, 1.807) is 12.1 Å². The van der Waals surface area contributed by atoms with Crippen molar-refractivity contribution in [3.8, 4) is 0 Å². The molecule has 1 aromatic rings. The van der Waals surface area contributed by atoms with E-state index in [-0.39, 0.29) is 36.1 Å². The normalized spacial score (nSPS) is 24.7. The van der Waals surface area contributed by atoms with Crippen LogP contribution in [0.5, 0.6) is 0 Å². The maximum Gasteiger partial charge on any atom is 0.229 e. The largest absolute Gasteiger partial charge is 0.342 e. The third-order valence-corrected chi connectivity index (χ3v) is 4.96. The second kappa shape index (κ2) is 8.76. The fourth-order valence-corrected chi connectivity index (χ4v) is 3.63. The molecule has 0 radical (unpaired) electrons. The summed E-state index contributed by atoms with van der Waals surface area (Å²) in [5.41, 5.74) is 6.64. The third-order valence-electron chi connectivity index (χ3n) is 4.96. The van der Waals surface area contributed by atoms with Gasteiger partial charge in [-0.25, -0.2) is 9.82 Å². The van der Waals surface area contributed by atoms with Crippen LogP contribution in [-0.4, -0.2) is 44.0 Å². The lowest BCUT2D eigenvalue weighted by atomic mass is 9.91. The standard InChI is InChI=1S/C17H25FN4O.ClH/c1-19-10-12-6-8-22(9-7-12)17(23)14-11-20-21-16(14)13-4-2-3-5-15(13)18;/h2-5,12,14,16,19-21H,6-11H2,1H3;1H. The Bertz CT molecular complexity index is 551. The smallest absolute Gasteiger partial charge is 0.229 e. The summed E-state index contributed by atoms with van der Waals surface area (Å²) in [4.78, 5) is 14.8. The number of hydrogen-bond acceptors (Lipinski definition) is 4. The Morgan fingerprint density at radius 1 is 1.33 bits per heavy atom. The number of likely N-dealkylation sites (tertiary alicyclic amines) is 1. The Hall–Kier alpha value is -1.21. The summed E-state index contributed by atoms with van der Waals surface area (Å²) in [5.74, 6) is 0.247. The first-order chi connectivity index (χ1) is 11.2. The molecule has 0 spiro atoms. The molecule has 2 aliphatic heterocycles. The number of hydrazine groups is 1. The summed E-state index contributed by atoms with van der Waals surface area (Å²) in [7, 11) is 1.96. The van der Waals surface area contributed by atoms with Crippen molar-refractivity contribution in [3.05, 3.63) is 35.6 Å². The lowest BCUT2D eigenvalue weighted by Crippen LogP contribution is -2.44. The summed E-state index contributed by atoms with van der Waals surface area (Å²) in [6.45, 7) is 3.14. The zero-order valence-electron chi connectivity index (χ0n) is 13.9. The van der Waals surface area contributed by atoms with Crippen LogP contribution in [0.25, 0.3) is 0 Å². The van der Waals surface area contributed by atoms with E-state index in [0.717, 1.165) is 32.5 Å². The average Bonchev–Trinajstić information content (AvgIpc) is 3.05. The molecule has 2 aliphatic rings. The molecule has 0 bridgehead atoms. The minimum absolute atomic E-state index is 0. The number of nitrogens with zero attached hydrogens (tertiary/aromatic N) is 1.